The summed E-state index contributed by atoms with van der Waals surface area (Å²) < 4.78 is 43.5. The molecule has 0 fully saturated rings. The second kappa shape index (κ2) is 6.01. The molecule has 2 nitrogen and oxygen atoms in total. The Labute approximate surface area is 126 Å². The summed E-state index contributed by atoms with van der Waals surface area (Å²) in [7, 11) is 0. The van der Waals surface area contributed by atoms with E-state index in [1.165, 1.54) is 17.2 Å². The average molecular weight is 307 g/mol. The summed E-state index contributed by atoms with van der Waals surface area (Å²) in [5.74, 6) is 0.246. The van der Waals surface area contributed by atoms with Crippen LogP contribution in [0.3, 0.4) is 0 Å². The first-order chi connectivity index (χ1) is 10.5. The van der Waals surface area contributed by atoms with Crippen LogP contribution in [0.15, 0.2) is 48.5 Å². The van der Waals surface area contributed by atoms with Gasteiger partial charge in [0.1, 0.15) is 12.4 Å². The van der Waals surface area contributed by atoms with Crippen LogP contribution in [-0.2, 0) is 19.1 Å². The smallest absolute Gasteiger partial charge is 0.416 e. The third kappa shape index (κ3) is 3.42. The molecule has 0 aromatic heterocycles. The Balaban J connectivity index is 1.62. The number of fused-ring (bicyclic) bond motifs is 1. The molecule has 0 radical (unpaired) electrons. The van der Waals surface area contributed by atoms with E-state index < -0.39 is 11.7 Å². The molecule has 0 bridgehead atoms. The summed E-state index contributed by atoms with van der Waals surface area (Å²) in [6.07, 6.45) is -3.53. The van der Waals surface area contributed by atoms with Gasteiger partial charge in [0.05, 0.1) is 5.56 Å². The maximum Gasteiger partial charge on any atom is 0.416 e. The van der Waals surface area contributed by atoms with Gasteiger partial charge >= 0.3 is 6.18 Å². The van der Waals surface area contributed by atoms with E-state index in [-0.39, 0.29) is 11.8 Å². The zero-order chi connectivity index (χ0) is 15.6. The molecule has 2 aromatic carbocycles. The topological polar surface area (TPSA) is 21.3 Å². The Kier molecular flexibility index (Phi) is 4.07. The lowest BCUT2D eigenvalue weighted by molar-refractivity contribution is -0.137. The molecule has 5 heteroatoms. The molecule has 22 heavy (non-hydrogen) atoms. The van der Waals surface area contributed by atoms with Crippen LogP contribution in [0.2, 0.25) is 0 Å². The molecule has 1 aliphatic heterocycles. The summed E-state index contributed by atoms with van der Waals surface area (Å²) in [5, 5.41) is 3.34. The van der Waals surface area contributed by atoms with E-state index in [0.29, 0.717) is 6.61 Å². The van der Waals surface area contributed by atoms with Crippen molar-refractivity contribution in [3.05, 3.63) is 65.2 Å². The van der Waals surface area contributed by atoms with Gasteiger partial charge < -0.3 is 10.1 Å². The standard InChI is InChI=1S/C17H16F3NO/c18-17(19,20)14-6-3-7-16(9-14)22-11-15-8-12-4-1-2-5-13(12)10-21-15/h1-7,9,15,21H,8,10-11H2. The van der Waals surface area contributed by atoms with E-state index in [4.69, 9.17) is 4.74 Å². The van der Waals surface area contributed by atoms with Gasteiger partial charge in [-0.3, -0.25) is 0 Å². The molecule has 1 unspecified atom stereocenters. The third-order valence-corrected chi connectivity index (χ3v) is 3.78. The van der Waals surface area contributed by atoms with Crippen LogP contribution >= 0.6 is 0 Å². The van der Waals surface area contributed by atoms with Gasteiger partial charge in [0.15, 0.2) is 0 Å². The number of rotatable bonds is 3. The fraction of sp³-hybridized carbons (Fsp3) is 0.294. The SMILES string of the molecule is FC(F)(F)c1cccc(OCC2Cc3ccccc3CN2)c1. The lowest BCUT2D eigenvalue weighted by Crippen LogP contribution is -2.39. The summed E-state index contributed by atoms with van der Waals surface area (Å²) in [6.45, 7) is 1.10. The Morgan fingerprint density at radius 2 is 1.82 bits per heavy atom. The van der Waals surface area contributed by atoms with Crippen molar-refractivity contribution in [1.29, 1.82) is 0 Å². The highest BCUT2D eigenvalue weighted by atomic mass is 19.4. The minimum absolute atomic E-state index is 0.101. The minimum Gasteiger partial charge on any atom is -0.492 e. The summed E-state index contributed by atoms with van der Waals surface area (Å²) >= 11 is 0. The Morgan fingerprint density at radius 3 is 2.59 bits per heavy atom. The molecule has 0 spiro atoms. The van der Waals surface area contributed by atoms with E-state index in [2.05, 4.69) is 17.4 Å². The Bertz CT molecular complexity index is 654. The van der Waals surface area contributed by atoms with Gasteiger partial charge in [0.25, 0.3) is 0 Å². The quantitative estimate of drug-likeness (QED) is 0.931. The van der Waals surface area contributed by atoms with Gasteiger partial charge in [0, 0.05) is 12.6 Å². The van der Waals surface area contributed by atoms with Crippen LogP contribution in [0.4, 0.5) is 13.2 Å². The molecular formula is C17H16F3NO. The maximum atomic E-state index is 12.7. The van der Waals surface area contributed by atoms with Crippen LogP contribution < -0.4 is 10.1 Å². The molecule has 116 valence electrons. The summed E-state index contributed by atoms with van der Waals surface area (Å²) in [4.78, 5) is 0. The van der Waals surface area contributed by atoms with Crippen molar-refractivity contribution in [2.45, 2.75) is 25.2 Å². The number of hydrogen-bond donors (Lipinski definition) is 1. The lowest BCUT2D eigenvalue weighted by Gasteiger charge is -2.26. The zero-order valence-corrected chi connectivity index (χ0v) is 11.9. The van der Waals surface area contributed by atoms with Crippen molar-refractivity contribution in [2.24, 2.45) is 0 Å². The molecule has 1 heterocycles. The van der Waals surface area contributed by atoms with Crippen LogP contribution in [0, 0.1) is 0 Å². The second-order valence-electron chi connectivity index (χ2n) is 5.39. The van der Waals surface area contributed by atoms with Crippen molar-refractivity contribution in [3.63, 3.8) is 0 Å². The number of benzene rings is 2. The summed E-state index contributed by atoms with van der Waals surface area (Å²) in [6, 6.07) is 13.2. The summed E-state index contributed by atoms with van der Waals surface area (Å²) in [5.41, 5.74) is 1.84. The van der Waals surface area contributed by atoms with Crippen LogP contribution in [0.1, 0.15) is 16.7 Å². The lowest BCUT2D eigenvalue weighted by atomic mass is 9.96. The van der Waals surface area contributed by atoms with Gasteiger partial charge in [0.2, 0.25) is 0 Å². The van der Waals surface area contributed by atoms with Crippen molar-refractivity contribution in [1.82, 2.24) is 5.32 Å². The van der Waals surface area contributed by atoms with E-state index in [9.17, 15) is 13.2 Å². The highest BCUT2D eigenvalue weighted by Crippen LogP contribution is 2.31. The molecule has 0 aliphatic carbocycles. The Hall–Kier alpha value is -2.01. The van der Waals surface area contributed by atoms with Crippen molar-refractivity contribution in [3.8, 4) is 5.75 Å². The van der Waals surface area contributed by atoms with Gasteiger partial charge in [-0.2, -0.15) is 13.2 Å². The molecule has 3 rings (SSSR count). The highest BCUT2D eigenvalue weighted by molar-refractivity contribution is 5.31. The van der Waals surface area contributed by atoms with Crippen molar-refractivity contribution < 1.29 is 17.9 Å². The fourth-order valence-electron chi connectivity index (χ4n) is 2.60. The molecule has 0 saturated carbocycles. The highest BCUT2D eigenvalue weighted by Gasteiger charge is 2.30. The van der Waals surface area contributed by atoms with Crippen LogP contribution in [0.5, 0.6) is 5.75 Å². The first-order valence-electron chi connectivity index (χ1n) is 7.12. The predicted molar refractivity (Wildman–Crippen MR) is 77.7 cm³/mol. The monoisotopic (exact) mass is 307 g/mol. The molecule has 0 amide bonds. The van der Waals surface area contributed by atoms with Gasteiger partial charge in [-0.05, 0) is 35.7 Å². The molecular weight excluding hydrogens is 291 g/mol. The largest absolute Gasteiger partial charge is 0.492 e. The van der Waals surface area contributed by atoms with Crippen LogP contribution in [0.25, 0.3) is 0 Å². The van der Waals surface area contributed by atoms with Gasteiger partial charge in [-0.25, -0.2) is 0 Å². The van der Waals surface area contributed by atoms with E-state index in [1.54, 1.807) is 6.07 Å². The van der Waals surface area contributed by atoms with Crippen molar-refractivity contribution >= 4 is 0 Å². The third-order valence-electron chi connectivity index (χ3n) is 3.78. The molecule has 1 aliphatic rings. The number of alkyl halides is 3. The predicted octanol–water partition coefficient (Wildman–Crippen LogP) is 3.80. The van der Waals surface area contributed by atoms with Crippen molar-refractivity contribution in [2.75, 3.05) is 6.61 Å². The maximum absolute atomic E-state index is 12.7. The fourth-order valence-corrected chi connectivity index (χ4v) is 2.60. The van der Waals surface area contributed by atoms with E-state index in [1.807, 2.05) is 12.1 Å². The molecule has 1 N–H and O–H groups in total. The normalized spacial score (nSPS) is 17.9. The number of ether oxygens (including phenoxy) is 1. The number of hydrogen-bond acceptors (Lipinski definition) is 2. The first-order valence-corrected chi connectivity index (χ1v) is 7.12. The first kappa shape index (κ1) is 14.9. The molecule has 0 saturated heterocycles. The van der Waals surface area contributed by atoms with E-state index in [0.717, 1.165) is 25.1 Å². The van der Waals surface area contributed by atoms with Gasteiger partial charge in [-0.15, -0.1) is 0 Å². The number of nitrogens with one attached hydrogen (secondary N) is 1. The molecule has 2 aromatic rings. The minimum atomic E-state index is -4.35. The second-order valence-corrected chi connectivity index (χ2v) is 5.39. The average Bonchev–Trinajstić information content (AvgIpc) is 2.52. The van der Waals surface area contributed by atoms with E-state index >= 15 is 0 Å². The van der Waals surface area contributed by atoms with Gasteiger partial charge in [-0.1, -0.05) is 30.3 Å². The van der Waals surface area contributed by atoms with Crippen LogP contribution in [-0.4, -0.2) is 12.6 Å². The zero-order valence-electron chi connectivity index (χ0n) is 11.9. The molecule has 1 atom stereocenters. The number of halogens is 3. The Morgan fingerprint density at radius 1 is 1.05 bits per heavy atom.